The van der Waals surface area contributed by atoms with Crippen LogP contribution in [0.5, 0.6) is 0 Å². The van der Waals surface area contributed by atoms with Crippen molar-refractivity contribution in [1.82, 2.24) is 10.3 Å². The molecule has 5 nitrogen and oxygen atoms in total. The average molecular weight is 342 g/mol. The van der Waals surface area contributed by atoms with Crippen molar-refractivity contribution < 1.29 is 14.7 Å². The van der Waals surface area contributed by atoms with Crippen LogP contribution in [-0.2, 0) is 22.4 Å². The summed E-state index contributed by atoms with van der Waals surface area (Å²) in [5, 5.41) is 13.4. The number of nitrogens with one attached hydrogen (secondary N) is 2. The van der Waals surface area contributed by atoms with Gasteiger partial charge in [0.1, 0.15) is 0 Å². The first-order chi connectivity index (χ1) is 12.1. The van der Waals surface area contributed by atoms with Gasteiger partial charge >= 0.3 is 5.97 Å². The Morgan fingerprint density at radius 1 is 1.24 bits per heavy atom. The van der Waals surface area contributed by atoms with Gasteiger partial charge in [-0.05, 0) is 43.2 Å². The predicted molar refractivity (Wildman–Crippen MR) is 97.5 cm³/mol. The molecule has 2 aromatic rings. The molecule has 1 saturated carbocycles. The fourth-order valence-electron chi connectivity index (χ4n) is 3.89. The normalized spacial score (nSPS) is 20.5. The molecule has 0 saturated heterocycles. The number of para-hydroxylation sites is 1. The number of aryl methyl sites for hydroxylation is 1. The van der Waals surface area contributed by atoms with Gasteiger partial charge in [-0.25, -0.2) is 0 Å². The van der Waals surface area contributed by atoms with Gasteiger partial charge in [-0.1, -0.05) is 31.5 Å². The molecule has 1 aliphatic rings. The minimum Gasteiger partial charge on any atom is -0.481 e. The maximum atomic E-state index is 12.3. The topological polar surface area (TPSA) is 82.2 Å². The van der Waals surface area contributed by atoms with Gasteiger partial charge in [-0.2, -0.15) is 0 Å². The molecule has 1 fully saturated rings. The van der Waals surface area contributed by atoms with E-state index >= 15 is 0 Å². The molecule has 5 heteroatoms. The molecule has 0 radical (unpaired) electrons. The molecule has 0 spiro atoms. The molecule has 2 unspecified atom stereocenters. The molecule has 0 bridgehead atoms. The van der Waals surface area contributed by atoms with Crippen molar-refractivity contribution in [2.24, 2.45) is 11.8 Å². The molecule has 2 atom stereocenters. The van der Waals surface area contributed by atoms with E-state index < -0.39 is 5.97 Å². The summed E-state index contributed by atoms with van der Waals surface area (Å²) < 4.78 is 0. The minimum absolute atomic E-state index is 0.0000356. The van der Waals surface area contributed by atoms with Crippen LogP contribution in [0.4, 0.5) is 0 Å². The van der Waals surface area contributed by atoms with Crippen molar-refractivity contribution >= 4 is 22.8 Å². The van der Waals surface area contributed by atoms with Crippen LogP contribution in [0.3, 0.4) is 0 Å². The summed E-state index contributed by atoms with van der Waals surface area (Å²) in [6, 6.07) is 6.32. The Kier molecular flexibility index (Phi) is 5.41. The van der Waals surface area contributed by atoms with Crippen molar-refractivity contribution in [2.75, 3.05) is 6.54 Å². The van der Waals surface area contributed by atoms with Crippen molar-refractivity contribution in [3.63, 3.8) is 0 Å². The second kappa shape index (κ2) is 7.72. The van der Waals surface area contributed by atoms with E-state index in [1.165, 1.54) is 22.0 Å². The van der Waals surface area contributed by atoms with Gasteiger partial charge in [-0.3, -0.25) is 9.59 Å². The van der Waals surface area contributed by atoms with Gasteiger partial charge in [-0.15, -0.1) is 0 Å². The second-order valence-corrected chi connectivity index (χ2v) is 6.95. The van der Waals surface area contributed by atoms with Gasteiger partial charge in [0.05, 0.1) is 5.92 Å². The van der Waals surface area contributed by atoms with Crippen molar-refractivity contribution in [3.8, 4) is 0 Å². The number of rotatable bonds is 6. The summed E-state index contributed by atoms with van der Waals surface area (Å²) in [7, 11) is 0. The lowest BCUT2D eigenvalue weighted by molar-refractivity contribution is -0.144. The molecule has 1 aromatic heterocycles. The third kappa shape index (κ3) is 3.86. The Labute approximate surface area is 147 Å². The van der Waals surface area contributed by atoms with Crippen LogP contribution < -0.4 is 5.32 Å². The largest absolute Gasteiger partial charge is 0.481 e. The lowest BCUT2D eigenvalue weighted by Gasteiger charge is -2.25. The molecular weight excluding hydrogens is 316 g/mol. The van der Waals surface area contributed by atoms with E-state index in [-0.39, 0.29) is 17.7 Å². The number of H-pyrrole nitrogens is 1. The number of aliphatic carboxylic acids is 1. The average Bonchev–Trinajstić information content (AvgIpc) is 3.05. The molecule has 0 aliphatic heterocycles. The second-order valence-electron chi connectivity index (χ2n) is 6.95. The van der Waals surface area contributed by atoms with Crippen molar-refractivity contribution in [3.05, 3.63) is 35.5 Å². The van der Waals surface area contributed by atoms with E-state index in [2.05, 4.69) is 35.4 Å². The Bertz CT molecular complexity index is 765. The Hall–Kier alpha value is -2.30. The summed E-state index contributed by atoms with van der Waals surface area (Å²) in [6.07, 6.45) is 6.55. The molecule has 1 heterocycles. The lowest BCUT2D eigenvalue weighted by atomic mass is 9.81. The molecule has 1 aromatic carbocycles. The standard InChI is InChI=1S/C20H26N2O3/c1-2-13-5-4-8-17-16(12-22-18(13)17)9-10-21-19(23)14-6-3-7-15(11-14)20(24)25/h4-5,8,12,14-15,22H,2-3,6-7,9-11H2,1H3,(H,21,23)(H,24,25). The zero-order valence-corrected chi connectivity index (χ0v) is 14.7. The van der Waals surface area contributed by atoms with Crippen molar-refractivity contribution in [1.29, 1.82) is 0 Å². The van der Waals surface area contributed by atoms with Gasteiger partial charge < -0.3 is 15.4 Å². The van der Waals surface area contributed by atoms with E-state index in [1.807, 2.05) is 6.20 Å². The van der Waals surface area contributed by atoms with Gasteiger partial charge in [0.2, 0.25) is 5.91 Å². The fourth-order valence-corrected chi connectivity index (χ4v) is 3.89. The molecule has 3 N–H and O–H groups in total. The number of aromatic nitrogens is 1. The first kappa shape index (κ1) is 17.5. The van der Waals surface area contributed by atoms with E-state index in [9.17, 15) is 9.59 Å². The smallest absolute Gasteiger partial charge is 0.306 e. The Balaban J connectivity index is 1.56. The van der Waals surface area contributed by atoms with E-state index in [0.717, 1.165) is 25.7 Å². The summed E-state index contributed by atoms with van der Waals surface area (Å²) in [5.41, 5.74) is 3.69. The number of fused-ring (bicyclic) bond motifs is 1. The fraction of sp³-hybridized carbons (Fsp3) is 0.500. The summed E-state index contributed by atoms with van der Waals surface area (Å²) >= 11 is 0. The van der Waals surface area contributed by atoms with Crippen LogP contribution in [0.2, 0.25) is 0 Å². The van der Waals surface area contributed by atoms with Crippen LogP contribution in [0.15, 0.2) is 24.4 Å². The highest BCUT2D eigenvalue weighted by Crippen LogP contribution is 2.29. The van der Waals surface area contributed by atoms with E-state index in [1.54, 1.807) is 0 Å². The third-order valence-corrected chi connectivity index (χ3v) is 5.36. The molecule has 3 rings (SSSR count). The quantitative estimate of drug-likeness (QED) is 0.753. The predicted octanol–water partition coefficient (Wildman–Crippen LogP) is 3.28. The maximum absolute atomic E-state index is 12.3. The summed E-state index contributed by atoms with van der Waals surface area (Å²) in [5.74, 6) is -1.31. The van der Waals surface area contributed by atoms with E-state index in [0.29, 0.717) is 19.4 Å². The number of carbonyl (C=O) groups excluding carboxylic acids is 1. The molecule has 25 heavy (non-hydrogen) atoms. The monoisotopic (exact) mass is 342 g/mol. The highest BCUT2D eigenvalue weighted by Gasteiger charge is 2.30. The molecular formula is C20H26N2O3. The number of hydrogen-bond acceptors (Lipinski definition) is 2. The molecule has 1 amide bonds. The van der Waals surface area contributed by atoms with Crippen LogP contribution in [0.25, 0.3) is 10.9 Å². The van der Waals surface area contributed by atoms with E-state index in [4.69, 9.17) is 5.11 Å². The SMILES string of the molecule is CCc1cccc2c(CCNC(=O)C3CCCC(C(=O)O)C3)c[nH]c12. The minimum atomic E-state index is -0.775. The Morgan fingerprint density at radius 2 is 2.04 bits per heavy atom. The summed E-state index contributed by atoms with van der Waals surface area (Å²) in [4.78, 5) is 26.8. The maximum Gasteiger partial charge on any atom is 0.306 e. The zero-order valence-electron chi connectivity index (χ0n) is 14.7. The highest BCUT2D eigenvalue weighted by atomic mass is 16.4. The van der Waals surface area contributed by atoms with Crippen LogP contribution in [0, 0.1) is 11.8 Å². The first-order valence-electron chi connectivity index (χ1n) is 9.18. The third-order valence-electron chi connectivity index (χ3n) is 5.36. The first-order valence-corrected chi connectivity index (χ1v) is 9.18. The van der Waals surface area contributed by atoms with Gasteiger partial charge in [0.25, 0.3) is 0 Å². The van der Waals surface area contributed by atoms with Crippen LogP contribution >= 0.6 is 0 Å². The lowest BCUT2D eigenvalue weighted by Crippen LogP contribution is -2.36. The summed E-state index contributed by atoms with van der Waals surface area (Å²) in [6.45, 7) is 2.72. The molecule has 134 valence electrons. The number of aromatic amines is 1. The van der Waals surface area contributed by atoms with Crippen LogP contribution in [-0.4, -0.2) is 28.5 Å². The van der Waals surface area contributed by atoms with Crippen molar-refractivity contribution in [2.45, 2.75) is 45.4 Å². The van der Waals surface area contributed by atoms with Gasteiger partial charge in [0.15, 0.2) is 0 Å². The number of carbonyl (C=O) groups is 2. The number of carboxylic acids is 1. The molecule has 1 aliphatic carbocycles. The number of carboxylic acid groups (broad SMARTS) is 1. The Morgan fingerprint density at radius 3 is 2.80 bits per heavy atom. The van der Waals surface area contributed by atoms with Crippen LogP contribution in [0.1, 0.15) is 43.7 Å². The van der Waals surface area contributed by atoms with Gasteiger partial charge in [0, 0.05) is 29.6 Å². The number of hydrogen-bond donors (Lipinski definition) is 3. The highest BCUT2D eigenvalue weighted by molar-refractivity contribution is 5.86. The zero-order chi connectivity index (χ0) is 17.8. The number of amides is 1. The number of benzene rings is 1.